The Hall–Kier alpha value is -2.04. The van der Waals surface area contributed by atoms with Crippen LogP contribution in [0, 0.1) is 23.2 Å². The summed E-state index contributed by atoms with van der Waals surface area (Å²) in [6, 6.07) is 5.93. The highest BCUT2D eigenvalue weighted by Gasteiger charge is 2.53. The number of ether oxygens (including phenoxy) is 1. The molecule has 5 heteroatoms. The van der Waals surface area contributed by atoms with Gasteiger partial charge >= 0.3 is 5.97 Å². The van der Waals surface area contributed by atoms with Gasteiger partial charge in [-0.05, 0) is 92.9 Å². The Labute approximate surface area is 154 Å². The summed E-state index contributed by atoms with van der Waals surface area (Å²) in [4.78, 5) is 24.3. The number of carbonyl (C=O) groups is 2. The van der Waals surface area contributed by atoms with Crippen LogP contribution < -0.4 is 5.32 Å². The van der Waals surface area contributed by atoms with Gasteiger partial charge in [0, 0.05) is 6.04 Å². The molecule has 5 nitrogen and oxygen atoms in total. The van der Waals surface area contributed by atoms with Crippen molar-refractivity contribution < 1.29 is 19.4 Å². The number of carbonyl (C=O) groups excluding carboxylic acids is 2. The lowest BCUT2D eigenvalue weighted by molar-refractivity contribution is -0.128. The van der Waals surface area contributed by atoms with Crippen LogP contribution in [-0.4, -0.2) is 29.6 Å². The number of phenols is 1. The molecular weight excluding hydrogens is 330 g/mol. The molecule has 1 aromatic rings. The standard InChI is InChI=1S/C21H27NO4/c1-13(21-9-14-6-15(10-21)8-16(7-14)11-21)22-19(24)12-26-20(25)17-2-4-18(23)5-3-17/h2-5,13-16,23H,6-12H2,1H3,(H,22,24)/t13-,14?,15?,16?,21?/m1/s1. The third kappa shape index (κ3) is 3.31. The number of rotatable bonds is 5. The predicted octanol–water partition coefficient (Wildman–Crippen LogP) is 3.27. The van der Waals surface area contributed by atoms with Crippen molar-refractivity contribution in [3.8, 4) is 5.75 Å². The zero-order valence-corrected chi connectivity index (χ0v) is 15.2. The quantitative estimate of drug-likeness (QED) is 0.793. The number of amides is 1. The maximum absolute atomic E-state index is 12.3. The number of nitrogens with one attached hydrogen (secondary N) is 1. The lowest BCUT2D eigenvalue weighted by atomic mass is 9.48. The van der Waals surface area contributed by atoms with Crippen molar-refractivity contribution in [3.05, 3.63) is 29.8 Å². The second kappa shape index (κ2) is 6.60. The average Bonchev–Trinajstić information content (AvgIpc) is 2.59. The molecule has 0 spiro atoms. The van der Waals surface area contributed by atoms with Gasteiger partial charge in [0.05, 0.1) is 5.56 Å². The van der Waals surface area contributed by atoms with E-state index >= 15 is 0 Å². The molecule has 26 heavy (non-hydrogen) atoms. The lowest BCUT2D eigenvalue weighted by Gasteiger charge is -2.59. The fourth-order valence-electron chi connectivity index (χ4n) is 5.96. The average molecular weight is 357 g/mol. The molecule has 0 radical (unpaired) electrons. The van der Waals surface area contributed by atoms with Crippen LogP contribution in [0.2, 0.25) is 0 Å². The molecule has 1 aromatic carbocycles. The molecule has 4 saturated carbocycles. The number of hydrogen-bond donors (Lipinski definition) is 2. The van der Waals surface area contributed by atoms with Gasteiger partial charge in [0.1, 0.15) is 5.75 Å². The third-order valence-electron chi connectivity index (χ3n) is 6.82. The normalized spacial score (nSPS) is 32.9. The molecule has 4 bridgehead atoms. The van der Waals surface area contributed by atoms with Gasteiger partial charge in [0.15, 0.2) is 6.61 Å². The van der Waals surface area contributed by atoms with E-state index in [1.165, 1.54) is 62.8 Å². The number of aromatic hydroxyl groups is 1. The minimum absolute atomic E-state index is 0.0868. The largest absolute Gasteiger partial charge is 0.508 e. The van der Waals surface area contributed by atoms with Crippen LogP contribution in [0.15, 0.2) is 24.3 Å². The first-order chi connectivity index (χ1) is 12.4. The van der Waals surface area contributed by atoms with Gasteiger partial charge in [-0.15, -0.1) is 0 Å². The van der Waals surface area contributed by atoms with Crippen molar-refractivity contribution in [3.63, 3.8) is 0 Å². The van der Waals surface area contributed by atoms with Crippen molar-refractivity contribution in [1.82, 2.24) is 5.32 Å². The molecule has 0 unspecified atom stereocenters. The van der Waals surface area contributed by atoms with Gasteiger partial charge in [0.2, 0.25) is 0 Å². The Bertz CT molecular complexity index is 661. The highest BCUT2D eigenvalue weighted by atomic mass is 16.5. The van der Waals surface area contributed by atoms with Crippen LogP contribution in [0.25, 0.3) is 0 Å². The van der Waals surface area contributed by atoms with Crippen LogP contribution >= 0.6 is 0 Å². The first-order valence-electron chi connectivity index (χ1n) is 9.69. The Morgan fingerprint density at radius 2 is 1.65 bits per heavy atom. The summed E-state index contributed by atoms with van der Waals surface area (Å²) in [6.07, 6.45) is 7.83. The van der Waals surface area contributed by atoms with Gasteiger partial charge in [-0.3, -0.25) is 4.79 Å². The molecule has 4 aliphatic carbocycles. The second-order valence-electron chi connectivity index (χ2n) is 8.69. The monoisotopic (exact) mass is 357 g/mol. The summed E-state index contributed by atoms with van der Waals surface area (Å²) in [5.74, 6) is 1.82. The van der Waals surface area contributed by atoms with E-state index in [-0.39, 0.29) is 29.7 Å². The third-order valence-corrected chi connectivity index (χ3v) is 6.82. The van der Waals surface area contributed by atoms with E-state index < -0.39 is 5.97 Å². The lowest BCUT2D eigenvalue weighted by Crippen LogP contribution is -2.56. The minimum atomic E-state index is -0.553. The summed E-state index contributed by atoms with van der Waals surface area (Å²) >= 11 is 0. The summed E-state index contributed by atoms with van der Waals surface area (Å²) in [5.41, 5.74) is 0.565. The van der Waals surface area contributed by atoms with Crippen molar-refractivity contribution in [2.45, 2.75) is 51.5 Å². The van der Waals surface area contributed by atoms with E-state index in [1.54, 1.807) is 0 Å². The van der Waals surface area contributed by atoms with E-state index in [4.69, 9.17) is 4.74 Å². The van der Waals surface area contributed by atoms with Crippen LogP contribution in [-0.2, 0) is 9.53 Å². The molecule has 0 saturated heterocycles. The summed E-state index contributed by atoms with van der Waals surface area (Å²) in [5, 5.41) is 12.4. The maximum Gasteiger partial charge on any atom is 0.338 e. The van der Waals surface area contributed by atoms with Crippen LogP contribution in [0.4, 0.5) is 0 Å². The topological polar surface area (TPSA) is 75.6 Å². The van der Waals surface area contributed by atoms with Crippen LogP contribution in [0.3, 0.4) is 0 Å². The number of benzene rings is 1. The van der Waals surface area contributed by atoms with Gasteiger partial charge < -0.3 is 15.2 Å². The van der Waals surface area contributed by atoms with Gasteiger partial charge in [0.25, 0.3) is 5.91 Å². The Morgan fingerprint density at radius 3 is 2.19 bits per heavy atom. The van der Waals surface area contributed by atoms with Crippen molar-refractivity contribution in [2.24, 2.45) is 23.2 Å². The van der Waals surface area contributed by atoms with Crippen LogP contribution in [0.1, 0.15) is 55.8 Å². The van der Waals surface area contributed by atoms with Crippen molar-refractivity contribution in [2.75, 3.05) is 6.61 Å². The first-order valence-corrected chi connectivity index (χ1v) is 9.69. The first kappa shape index (κ1) is 17.4. The fraction of sp³-hybridized carbons (Fsp3) is 0.619. The zero-order valence-electron chi connectivity index (χ0n) is 15.2. The summed E-state index contributed by atoms with van der Waals surface area (Å²) < 4.78 is 5.12. The molecule has 1 amide bonds. The van der Waals surface area contributed by atoms with E-state index in [9.17, 15) is 14.7 Å². The number of phenolic OH excluding ortho intramolecular Hbond substituents is 1. The number of esters is 1. The fourth-order valence-corrected chi connectivity index (χ4v) is 5.96. The summed E-state index contributed by atoms with van der Waals surface area (Å²) in [6.45, 7) is 1.85. The molecule has 1 atom stereocenters. The maximum atomic E-state index is 12.3. The zero-order chi connectivity index (χ0) is 18.3. The van der Waals surface area contributed by atoms with Crippen LogP contribution in [0.5, 0.6) is 5.75 Å². The molecule has 4 fully saturated rings. The van der Waals surface area contributed by atoms with E-state index in [1.807, 2.05) is 0 Å². The van der Waals surface area contributed by atoms with E-state index in [2.05, 4.69) is 12.2 Å². The molecule has 0 aliphatic heterocycles. The Balaban J connectivity index is 1.31. The van der Waals surface area contributed by atoms with Gasteiger partial charge in [-0.25, -0.2) is 4.79 Å². The molecule has 4 aliphatic rings. The minimum Gasteiger partial charge on any atom is -0.508 e. The highest BCUT2D eigenvalue weighted by Crippen LogP contribution is 2.61. The van der Waals surface area contributed by atoms with Crippen molar-refractivity contribution in [1.29, 1.82) is 0 Å². The van der Waals surface area contributed by atoms with Gasteiger partial charge in [-0.2, -0.15) is 0 Å². The molecule has 0 heterocycles. The van der Waals surface area contributed by atoms with Gasteiger partial charge in [-0.1, -0.05) is 0 Å². The Kier molecular flexibility index (Phi) is 4.41. The summed E-state index contributed by atoms with van der Waals surface area (Å²) in [7, 11) is 0. The highest BCUT2D eigenvalue weighted by molar-refractivity contribution is 5.91. The predicted molar refractivity (Wildman–Crippen MR) is 96.6 cm³/mol. The van der Waals surface area contributed by atoms with E-state index in [0.717, 1.165) is 17.8 Å². The number of hydrogen-bond acceptors (Lipinski definition) is 4. The SMILES string of the molecule is C[C@@H](NC(=O)COC(=O)c1ccc(O)cc1)C12CC3CC(CC(C3)C1)C2. The van der Waals surface area contributed by atoms with E-state index in [0.29, 0.717) is 5.56 Å². The Morgan fingerprint density at radius 1 is 1.12 bits per heavy atom. The molecule has 140 valence electrons. The molecular formula is C21H27NO4. The van der Waals surface area contributed by atoms with Crippen molar-refractivity contribution >= 4 is 11.9 Å². The molecule has 0 aromatic heterocycles. The second-order valence-corrected chi connectivity index (χ2v) is 8.69. The molecule has 5 rings (SSSR count). The smallest absolute Gasteiger partial charge is 0.338 e. The molecule has 2 N–H and O–H groups in total.